The van der Waals surface area contributed by atoms with Gasteiger partial charge in [0.05, 0.1) is 5.25 Å². The van der Waals surface area contributed by atoms with Gasteiger partial charge in [0.1, 0.15) is 10.7 Å². The lowest BCUT2D eigenvalue weighted by molar-refractivity contribution is 0.522. The van der Waals surface area contributed by atoms with Crippen LogP contribution in [0.5, 0.6) is 0 Å². The number of hydrogen-bond acceptors (Lipinski definition) is 3. The van der Waals surface area contributed by atoms with Crippen LogP contribution in [0, 0.1) is 5.82 Å². The van der Waals surface area contributed by atoms with E-state index in [0.717, 1.165) is 0 Å². The maximum absolute atomic E-state index is 13.5. The Morgan fingerprint density at radius 3 is 2.41 bits per heavy atom. The molecule has 1 aromatic carbocycles. The molecular weight excluding hydrogens is 241 g/mol. The summed E-state index contributed by atoms with van der Waals surface area (Å²) in [4.78, 5) is -0.212. The molecule has 0 saturated heterocycles. The van der Waals surface area contributed by atoms with E-state index in [4.69, 9.17) is 0 Å². The molecule has 5 heteroatoms. The third-order valence-electron chi connectivity index (χ3n) is 2.85. The molecular formula is C12H18FNO2S. The van der Waals surface area contributed by atoms with Gasteiger partial charge in [-0.1, -0.05) is 12.1 Å². The Bertz CT molecular complexity index is 473. The van der Waals surface area contributed by atoms with Crippen LogP contribution in [0.4, 0.5) is 4.39 Å². The Balaban J connectivity index is 3.00. The van der Waals surface area contributed by atoms with Crippen molar-refractivity contribution in [3.05, 3.63) is 30.1 Å². The van der Waals surface area contributed by atoms with E-state index in [1.165, 1.54) is 24.3 Å². The first-order chi connectivity index (χ1) is 7.89. The number of halogens is 1. The number of hydrogen-bond donors (Lipinski definition) is 1. The summed E-state index contributed by atoms with van der Waals surface area (Å²) >= 11 is 0. The Kier molecular flexibility index (Phi) is 4.65. The predicted molar refractivity (Wildman–Crippen MR) is 66.2 cm³/mol. The van der Waals surface area contributed by atoms with Crippen LogP contribution in [0.1, 0.15) is 20.3 Å². The van der Waals surface area contributed by atoms with Crippen molar-refractivity contribution in [2.45, 2.75) is 36.5 Å². The molecule has 3 nitrogen and oxygen atoms in total. The zero-order chi connectivity index (χ0) is 13.1. The fourth-order valence-corrected chi connectivity index (χ4v) is 3.22. The SMILES string of the molecule is CNC(C)CC(C)S(=O)(=O)c1ccccc1F. The topological polar surface area (TPSA) is 46.2 Å². The highest BCUT2D eigenvalue weighted by atomic mass is 32.2. The van der Waals surface area contributed by atoms with E-state index in [2.05, 4.69) is 5.32 Å². The van der Waals surface area contributed by atoms with Gasteiger partial charge >= 0.3 is 0 Å². The summed E-state index contributed by atoms with van der Waals surface area (Å²) in [6.45, 7) is 3.50. The summed E-state index contributed by atoms with van der Waals surface area (Å²) in [6, 6.07) is 5.57. The Morgan fingerprint density at radius 2 is 1.88 bits per heavy atom. The molecule has 0 fully saturated rings. The van der Waals surface area contributed by atoms with Crippen LogP contribution < -0.4 is 5.32 Å². The molecule has 0 radical (unpaired) electrons. The van der Waals surface area contributed by atoms with Gasteiger partial charge < -0.3 is 5.32 Å². The van der Waals surface area contributed by atoms with Crippen LogP contribution in [-0.2, 0) is 9.84 Å². The normalized spacial score (nSPS) is 15.5. The van der Waals surface area contributed by atoms with Crippen molar-refractivity contribution in [1.29, 1.82) is 0 Å². The average molecular weight is 259 g/mol. The second kappa shape index (κ2) is 5.60. The molecule has 0 aliphatic heterocycles. The molecule has 17 heavy (non-hydrogen) atoms. The minimum absolute atomic E-state index is 0.0755. The van der Waals surface area contributed by atoms with E-state index >= 15 is 0 Å². The summed E-state index contributed by atoms with van der Waals surface area (Å²) < 4.78 is 37.7. The fraction of sp³-hybridized carbons (Fsp3) is 0.500. The van der Waals surface area contributed by atoms with Crippen LogP contribution >= 0.6 is 0 Å². The standard InChI is InChI=1S/C12H18FNO2S/c1-9(14-3)8-10(2)17(15,16)12-7-5-4-6-11(12)13/h4-7,9-10,14H,8H2,1-3H3. The van der Waals surface area contributed by atoms with Gasteiger partial charge in [-0.25, -0.2) is 12.8 Å². The molecule has 0 aliphatic rings. The predicted octanol–water partition coefficient (Wildman–Crippen LogP) is 1.99. The van der Waals surface area contributed by atoms with Crippen LogP contribution in [0.3, 0.4) is 0 Å². The van der Waals surface area contributed by atoms with E-state index in [9.17, 15) is 12.8 Å². The van der Waals surface area contributed by atoms with Crippen molar-refractivity contribution in [1.82, 2.24) is 5.32 Å². The largest absolute Gasteiger partial charge is 0.317 e. The number of nitrogens with one attached hydrogen (secondary N) is 1. The number of sulfone groups is 1. The highest BCUT2D eigenvalue weighted by Gasteiger charge is 2.27. The summed E-state index contributed by atoms with van der Waals surface area (Å²) in [6.07, 6.45) is 0.452. The van der Waals surface area contributed by atoms with Crippen molar-refractivity contribution in [3.8, 4) is 0 Å². The molecule has 96 valence electrons. The minimum atomic E-state index is -3.59. The van der Waals surface area contributed by atoms with Crippen LogP contribution in [0.2, 0.25) is 0 Å². The van der Waals surface area contributed by atoms with E-state index in [1.807, 2.05) is 6.92 Å². The maximum atomic E-state index is 13.5. The monoisotopic (exact) mass is 259 g/mol. The van der Waals surface area contributed by atoms with E-state index < -0.39 is 20.9 Å². The van der Waals surface area contributed by atoms with Crippen molar-refractivity contribution in [2.75, 3.05) is 7.05 Å². The lowest BCUT2D eigenvalue weighted by Crippen LogP contribution is -2.30. The summed E-state index contributed by atoms with van der Waals surface area (Å²) in [7, 11) is -1.82. The smallest absolute Gasteiger partial charge is 0.183 e. The van der Waals surface area contributed by atoms with Gasteiger partial charge in [0.15, 0.2) is 9.84 Å². The van der Waals surface area contributed by atoms with Crippen molar-refractivity contribution in [2.24, 2.45) is 0 Å². The van der Waals surface area contributed by atoms with Gasteiger partial charge in [-0.3, -0.25) is 0 Å². The van der Waals surface area contributed by atoms with E-state index in [1.54, 1.807) is 14.0 Å². The molecule has 0 aliphatic carbocycles. The first kappa shape index (κ1) is 14.1. The fourth-order valence-electron chi connectivity index (χ4n) is 1.63. The minimum Gasteiger partial charge on any atom is -0.317 e. The molecule has 0 spiro atoms. The Labute approximate surface area is 102 Å². The van der Waals surface area contributed by atoms with E-state index in [0.29, 0.717) is 6.42 Å². The lowest BCUT2D eigenvalue weighted by atomic mass is 10.2. The Morgan fingerprint density at radius 1 is 1.29 bits per heavy atom. The second-order valence-electron chi connectivity index (χ2n) is 4.21. The number of benzene rings is 1. The van der Waals surface area contributed by atoms with Gasteiger partial charge in [0, 0.05) is 6.04 Å². The third kappa shape index (κ3) is 3.26. The second-order valence-corrected chi connectivity index (χ2v) is 6.55. The van der Waals surface area contributed by atoms with Gasteiger partial charge in [-0.15, -0.1) is 0 Å². The molecule has 0 bridgehead atoms. The molecule has 0 heterocycles. The summed E-state index contributed by atoms with van der Waals surface area (Å²) in [5.74, 6) is -0.684. The highest BCUT2D eigenvalue weighted by Crippen LogP contribution is 2.21. The third-order valence-corrected chi connectivity index (χ3v) is 5.05. The van der Waals surface area contributed by atoms with Gasteiger partial charge in [-0.2, -0.15) is 0 Å². The van der Waals surface area contributed by atoms with Crippen LogP contribution in [-0.4, -0.2) is 26.8 Å². The molecule has 1 aromatic rings. The quantitative estimate of drug-likeness (QED) is 0.879. The first-order valence-corrected chi connectivity index (χ1v) is 7.10. The van der Waals surface area contributed by atoms with Crippen molar-refractivity contribution >= 4 is 9.84 Å². The van der Waals surface area contributed by atoms with Crippen molar-refractivity contribution in [3.63, 3.8) is 0 Å². The molecule has 2 unspecified atom stereocenters. The zero-order valence-corrected chi connectivity index (χ0v) is 11.1. The average Bonchev–Trinajstić information content (AvgIpc) is 2.29. The van der Waals surface area contributed by atoms with Gasteiger partial charge in [0.2, 0.25) is 0 Å². The molecule has 2 atom stereocenters. The zero-order valence-electron chi connectivity index (χ0n) is 10.3. The summed E-state index contributed by atoms with van der Waals surface area (Å²) in [5, 5.41) is 2.37. The number of rotatable bonds is 5. The van der Waals surface area contributed by atoms with Crippen LogP contribution in [0.15, 0.2) is 29.2 Å². The maximum Gasteiger partial charge on any atom is 0.183 e. The lowest BCUT2D eigenvalue weighted by Gasteiger charge is -2.17. The van der Waals surface area contributed by atoms with Crippen LogP contribution in [0.25, 0.3) is 0 Å². The molecule has 0 aromatic heterocycles. The van der Waals surface area contributed by atoms with Gasteiger partial charge in [-0.05, 0) is 39.4 Å². The molecule has 1 N–H and O–H groups in total. The molecule has 1 rings (SSSR count). The molecule has 0 saturated carbocycles. The van der Waals surface area contributed by atoms with E-state index in [-0.39, 0.29) is 10.9 Å². The van der Waals surface area contributed by atoms with Gasteiger partial charge in [0.25, 0.3) is 0 Å². The summed E-state index contributed by atoms with van der Waals surface area (Å²) in [5.41, 5.74) is 0. The first-order valence-electron chi connectivity index (χ1n) is 5.55. The highest BCUT2D eigenvalue weighted by molar-refractivity contribution is 7.92. The molecule has 0 amide bonds. The van der Waals surface area contributed by atoms with Crippen molar-refractivity contribution < 1.29 is 12.8 Å². The Hall–Kier alpha value is -0.940.